The number of hydrogen-bond donors (Lipinski definition) is 1. The van der Waals surface area contributed by atoms with Gasteiger partial charge in [-0.2, -0.15) is 5.10 Å². The predicted molar refractivity (Wildman–Crippen MR) is 115 cm³/mol. The van der Waals surface area contributed by atoms with E-state index < -0.39 is 0 Å². The number of nitrogens with zero attached hydrogens (tertiary/aromatic N) is 3. The van der Waals surface area contributed by atoms with E-state index in [4.69, 9.17) is 10.1 Å². The van der Waals surface area contributed by atoms with Gasteiger partial charge in [0.05, 0.1) is 11.2 Å². The Hall–Kier alpha value is -2.76. The molecule has 2 heterocycles. The molecule has 0 aliphatic carbocycles. The van der Waals surface area contributed by atoms with Gasteiger partial charge in [0.15, 0.2) is 5.65 Å². The maximum absolute atomic E-state index is 13.3. The monoisotopic (exact) mass is 396 g/mol. The second-order valence-corrected chi connectivity index (χ2v) is 8.67. The van der Waals surface area contributed by atoms with Crippen LogP contribution in [0.5, 0.6) is 0 Å². The van der Waals surface area contributed by atoms with Crippen molar-refractivity contribution in [3.05, 3.63) is 52.1 Å². The molecule has 0 aliphatic heterocycles. The molecule has 0 spiro atoms. The largest absolute Gasteiger partial charge is 0.326 e. The third kappa shape index (κ3) is 4.16. The van der Waals surface area contributed by atoms with Crippen molar-refractivity contribution in [1.29, 1.82) is 0 Å². The van der Waals surface area contributed by atoms with E-state index in [1.807, 2.05) is 18.5 Å². The molecule has 6 heteroatoms. The zero-order valence-corrected chi connectivity index (χ0v) is 18.3. The van der Waals surface area contributed by atoms with Crippen molar-refractivity contribution in [2.24, 2.45) is 0 Å². The van der Waals surface area contributed by atoms with Gasteiger partial charge in [0.25, 0.3) is 0 Å². The molecule has 0 atom stereocenters. The lowest BCUT2D eigenvalue weighted by Crippen LogP contribution is -2.23. The summed E-state index contributed by atoms with van der Waals surface area (Å²) in [5.74, 6) is -0.405. The standard InChI is InChI=1S/C23H29FN4O/c1-13-12-17(24)8-10-19(13)26-20(29)11-9-18-14(2)21-16(4)27-28(23(5,6)7)22(21)25-15(18)3/h8,10,12H,9,11H2,1-7H3,(H,26,29). The number of carbonyl (C=O) groups excluding carboxylic acids is 1. The Balaban J connectivity index is 1.85. The number of aromatic nitrogens is 3. The van der Waals surface area contributed by atoms with E-state index in [1.54, 1.807) is 13.0 Å². The average molecular weight is 397 g/mol. The Bertz CT molecular complexity index is 1090. The maximum atomic E-state index is 13.3. The van der Waals surface area contributed by atoms with Crippen LogP contribution in [0, 0.1) is 33.5 Å². The van der Waals surface area contributed by atoms with E-state index in [-0.39, 0.29) is 17.3 Å². The van der Waals surface area contributed by atoms with Gasteiger partial charge < -0.3 is 5.32 Å². The lowest BCUT2D eigenvalue weighted by Gasteiger charge is -2.20. The summed E-state index contributed by atoms with van der Waals surface area (Å²) in [6, 6.07) is 4.36. The van der Waals surface area contributed by atoms with Crippen molar-refractivity contribution in [1.82, 2.24) is 14.8 Å². The van der Waals surface area contributed by atoms with Crippen LogP contribution in [0.1, 0.15) is 55.3 Å². The summed E-state index contributed by atoms with van der Waals surface area (Å²) in [5, 5.41) is 8.66. The Kier molecular flexibility index (Phi) is 5.48. The van der Waals surface area contributed by atoms with Crippen LogP contribution in [0.4, 0.5) is 10.1 Å². The highest BCUT2D eigenvalue weighted by atomic mass is 19.1. The van der Waals surface area contributed by atoms with E-state index in [9.17, 15) is 9.18 Å². The molecule has 0 bridgehead atoms. The first-order valence-electron chi connectivity index (χ1n) is 9.91. The number of aryl methyl sites for hydroxylation is 4. The van der Waals surface area contributed by atoms with Crippen molar-refractivity contribution in [2.45, 2.75) is 66.8 Å². The van der Waals surface area contributed by atoms with Crippen molar-refractivity contribution in [3.63, 3.8) is 0 Å². The molecule has 154 valence electrons. The predicted octanol–water partition coefficient (Wildman–Crippen LogP) is 5.13. The Morgan fingerprint density at radius 1 is 1.14 bits per heavy atom. The van der Waals surface area contributed by atoms with Gasteiger partial charge in [0.1, 0.15) is 5.82 Å². The fraction of sp³-hybridized carbons (Fsp3) is 0.435. The smallest absolute Gasteiger partial charge is 0.224 e. The van der Waals surface area contributed by atoms with Gasteiger partial charge >= 0.3 is 0 Å². The van der Waals surface area contributed by atoms with Gasteiger partial charge in [-0.15, -0.1) is 0 Å². The van der Waals surface area contributed by atoms with Gasteiger partial charge in [-0.3, -0.25) is 4.79 Å². The summed E-state index contributed by atoms with van der Waals surface area (Å²) in [5.41, 5.74) is 6.16. The van der Waals surface area contributed by atoms with E-state index >= 15 is 0 Å². The minimum absolute atomic E-state index is 0.0966. The number of hydrogen-bond acceptors (Lipinski definition) is 3. The van der Waals surface area contributed by atoms with Crippen LogP contribution in [0.15, 0.2) is 18.2 Å². The number of rotatable bonds is 4. The zero-order chi connectivity index (χ0) is 21.5. The molecule has 5 nitrogen and oxygen atoms in total. The minimum Gasteiger partial charge on any atom is -0.326 e. The molecule has 3 rings (SSSR count). The number of nitrogens with one attached hydrogen (secondary N) is 1. The molecule has 0 saturated heterocycles. The molecular formula is C23H29FN4O. The normalized spacial score (nSPS) is 11.9. The van der Waals surface area contributed by atoms with Gasteiger partial charge in [-0.1, -0.05) is 0 Å². The molecule has 0 aliphatic rings. The van der Waals surface area contributed by atoms with Crippen molar-refractivity contribution in [2.75, 3.05) is 5.32 Å². The number of anilines is 1. The van der Waals surface area contributed by atoms with Crippen LogP contribution >= 0.6 is 0 Å². The van der Waals surface area contributed by atoms with E-state index in [2.05, 4.69) is 33.0 Å². The fourth-order valence-electron chi connectivity index (χ4n) is 3.76. The summed E-state index contributed by atoms with van der Waals surface area (Å²) in [6.45, 7) is 14.2. The van der Waals surface area contributed by atoms with Crippen LogP contribution in [0.3, 0.4) is 0 Å². The topological polar surface area (TPSA) is 59.8 Å². The lowest BCUT2D eigenvalue weighted by molar-refractivity contribution is -0.116. The summed E-state index contributed by atoms with van der Waals surface area (Å²) in [6.07, 6.45) is 0.922. The van der Waals surface area contributed by atoms with Crippen molar-refractivity contribution in [3.8, 4) is 0 Å². The molecule has 1 amide bonds. The lowest BCUT2D eigenvalue weighted by atomic mass is 9.99. The number of pyridine rings is 1. The molecule has 1 N–H and O–H groups in total. The molecule has 0 unspecified atom stereocenters. The van der Waals surface area contributed by atoms with Crippen LogP contribution in [0.25, 0.3) is 11.0 Å². The molecule has 1 aromatic carbocycles. The number of halogens is 1. The zero-order valence-electron chi connectivity index (χ0n) is 18.3. The van der Waals surface area contributed by atoms with Gasteiger partial charge in [0.2, 0.25) is 5.91 Å². The maximum Gasteiger partial charge on any atom is 0.224 e. The molecule has 2 aromatic heterocycles. The van der Waals surface area contributed by atoms with Crippen LogP contribution < -0.4 is 5.32 Å². The molecule has 0 radical (unpaired) electrons. The molecule has 29 heavy (non-hydrogen) atoms. The Morgan fingerprint density at radius 2 is 1.83 bits per heavy atom. The van der Waals surface area contributed by atoms with Gasteiger partial charge in [-0.25, -0.2) is 14.1 Å². The van der Waals surface area contributed by atoms with Gasteiger partial charge in [-0.05, 0) is 89.8 Å². The van der Waals surface area contributed by atoms with Crippen LogP contribution in [-0.4, -0.2) is 20.7 Å². The first-order chi connectivity index (χ1) is 13.5. The molecule has 0 fully saturated rings. The van der Waals surface area contributed by atoms with Crippen LogP contribution in [-0.2, 0) is 16.8 Å². The molecular weight excluding hydrogens is 367 g/mol. The first kappa shape index (κ1) is 21.0. The third-order valence-corrected chi connectivity index (χ3v) is 5.27. The summed E-state index contributed by atoms with van der Waals surface area (Å²) >= 11 is 0. The third-order valence-electron chi connectivity index (χ3n) is 5.27. The second-order valence-electron chi connectivity index (χ2n) is 8.67. The first-order valence-corrected chi connectivity index (χ1v) is 9.91. The Morgan fingerprint density at radius 3 is 2.45 bits per heavy atom. The number of fused-ring (bicyclic) bond motifs is 1. The number of carbonyl (C=O) groups is 1. The fourth-order valence-corrected chi connectivity index (χ4v) is 3.76. The highest BCUT2D eigenvalue weighted by molar-refractivity contribution is 5.92. The van der Waals surface area contributed by atoms with E-state index in [0.717, 1.165) is 33.5 Å². The second kappa shape index (κ2) is 7.58. The van der Waals surface area contributed by atoms with E-state index in [0.29, 0.717) is 24.1 Å². The highest BCUT2D eigenvalue weighted by Crippen LogP contribution is 2.29. The summed E-state index contributed by atoms with van der Waals surface area (Å²) in [7, 11) is 0. The molecule has 3 aromatic rings. The number of amides is 1. The Labute approximate surface area is 171 Å². The van der Waals surface area contributed by atoms with Crippen molar-refractivity contribution >= 4 is 22.6 Å². The SMILES string of the molecule is Cc1cc(F)ccc1NC(=O)CCc1c(C)nc2c(c(C)nn2C(C)(C)C)c1C. The molecule has 0 saturated carbocycles. The average Bonchev–Trinajstić information content (AvgIpc) is 2.94. The quantitative estimate of drug-likeness (QED) is 0.665. The van der Waals surface area contributed by atoms with Crippen molar-refractivity contribution < 1.29 is 9.18 Å². The minimum atomic E-state index is -0.308. The van der Waals surface area contributed by atoms with E-state index in [1.165, 1.54) is 12.1 Å². The summed E-state index contributed by atoms with van der Waals surface area (Å²) < 4.78 is 15.2. The summed E-state index contributed by atoms with van der Waals surface area (Å²) in [4.78, 5) is 17.3. The van der Waals surface area contributed by atoms with Crippen LogP contribution in [0.2, 0.25) is 0 Å². The van der Waals surface area contributed by atoms with Gasteiger partial charge in [0, 0.05) is 23.2 Å². The number of benzene rings is 1. The highest BCUT2D eigenvalue weighted by Gasteiger charge is 2.23.